The number of hydrogen-bond donors (Lipinski definition) is 0. The van der Waals surface area contributed by atoms with Gasteiger partial charge in [0.2, 0.25) is 5.91 Å². The number of hydrogen-bond acceptors (Lipinski definition) is 4. The van der Waals surface area contributed by atoms with Gasteiger partial charge in [-0.3, -0.25) is 14.8 Å². The van der Waals surface area contributed by atoms with E-state index in [1.807, 2.05) is 6.20 Å². The summed E-state index contributed by atoms with van der Waals surface area (Å²) in [4.78, 5) is 23.4. The summed E-state index contributed by atoms with van der Waals surface area (Å²) < 4.78 is 6.09. The number of rotatable bonds is 3. The molecule has 1 aromatic rings. The topological polar surface area (TPSA) is 55.3 Å². The van der Waals surface area contributed by atoms with E-state index >= 15 is 0 Å². The van der Waals surface area contributed by atoms with Crippen molar-refractivity contribution in [1.29, 1.82) is 0 Å². The minimum Gasteiger partial charge on any atom is -0.377 e. The highest BCUT2D eigenvalue weighted by Crippen LogP contribution is 2.43. The fourth-order valence-electron chi connectivity index (χ4n) is 4.85. The third-order valence-electron chi connectivity index (χ3n) is 6.43. The molecule has 5 nitrogen and oxygen atoms in total. The summed E-state index contributed by atoms with van der Waals surface area (Å²) >= 11 is 0. The molecule has 0 N–H and O–H groups in total. The zero-order chi connectivity index (χ0) is 17.1. The van der Waals surface area contributed by atoms with E-state index in [0.717, 1.165) is 63.9 Å². The SMILES string of the molecule is O=C(C1CCCCC1)N1CCC2(CC1)CO[C@@H](Cc1cnccn1)C2. The molecular weight excluding hydrogens is 314 g/mol. The van der Waals surface area contributed by atoms with Gasteiger partial charge >= 0.3 is 0 Å². The Balaban J connectivity index is 1.29. The van der Waals surface area contributed by atoms with Gasteiger partial charge in [-0.2, -0.15) is 0 Å². The maximum Gasteiger partial charge on any atom is 0.225 e. The summed E-state index contributed by atoms with van der Waals surface area (Å²) in [6, 6.07) is 0. The summed E-state index contributed by atoms with van der Waals surface area (Å²) in [5.41, 5.74) is 1.28. The van der Waals surface area contributed by atoms with Crippen molar-refractivity contribution in [3.8, 4) is 0 Å². The van der Waals surface area contributed by atoms with Gasteiger partial charge in [-0.25, -0.2) is 0 Å². The molecule has 3 heterocycles. The first kappa shape index (κ1) is 17.0. The molecular formula is C20H29N3O2. The van der Waals surface area contributed by atoms with Gasteiger partial charge in [0.15, 0.2) is 0 Å². The van der Waals surface area contributed by atoms with Gasteiger partial charge in [-0.15, -0.1) is 0 Å². The van der Waals surface area contributed by atoms with E-state index in [1.54, 1.807) is 12.4 Å². The Morgan fingerprint density at radius 1 is 1.20 bits per heavy atom. The lowest BCUT2D eigenvalue weighted by Crippen LogP contribution is -2.46. The van der Waals surface area contributed by atoms with Crippen LogP contribution in [-0.2, 0) is 16.0 Å². The minimum atomic E-state index is 0.247. The highest BCUT2D eigenvalue weighted by Gasteiger charge is 2.43. The monoisotopic (exact) mass is 343 g/mol. The second-order valence-corrected chi connectivity index (χ2v) is 8.20. The van der Waals surface area contributed by atoms with Gasteiger partial charge in [-0.1, -0.05) is 19.3 Å². The lowest BCUT2D eigenvalue weighted by Gasteiger charge is -2.40. The predicted molar refractivity (Wildman–Crippen MR) is 94.9 cm³/mol. The van der Waals surface area contributed by atoms with Crippen molar-refractivity contribution in [2.45, 2.75) is 63.9 Å². The minimum absolute atomic E-state index is 0.247. The molecule has 25 heavy (non-hydrogen) atoms. The fourth-order valence-corrected chi connectivity index (χ4v) is 4.85. The summed E-state index contributed by atoms with van der Waals surface area (Å²) in [5.74, 6) is 0.719. The maximum atomic E-state index is 12.7. The smallest absolute Gasteiger partial charge is 0.225 e. The second kappa shape index (κ2) is 7.40. The standard InChI is InChI=1S/C20H29N3O2/c24-19(16-4-2-1-3-5-16)23-10-6-20(7-11-23)13-18(25-15-20)12-17-14-21-8-9-22-17/h8-9,14,16,18H,1-7,10-13,15H2/t18-/m0/s1. The number of amides is 1. The van der Waals surface area contributed by atoms with Crippen molar-refractivity contribution in [3.05, 3.63) is 24.3 Å². The average Bonchev–Trinajstić information content (AvgIpc) is 3.05. The zero-order valence-electron chi connectivity index (χ0n) is 15.0. The molecule has 136 valence electrons. The lowest BCUT2D eigenvalue weighted by molar-refractivity contribution is -0.139. The van der Waals surface area contributed by atoms with Gasteiger partial charge in [0.25, 0.3) is 0 Å². The van der Waals surface area contributed by atoms with Gasteiger partial charge in [0.1, 0.15) is 0 Å². The van der Waals surface area contributed by atoms with Crippen LogP contribution in [0.4, 0.5) is 0 Å². The van der Waals surface area contributed by atoms with E-state index in [-0.39, 0.29) is 11.5 Å². The van der Waals surface area contributed by atoms with Gasteiger partial charge in [-0.05, 0) is 37.5 Å². The van der Waals surface area contributed by atoms with Crippen LogP contribution in [0.3, 0.4) is 0 Å². The zero-order valence-corrected chi connectivity index (χ0v) is 15.0. The number of piperidine rings is 1. The van der Waals surface area contributed by atoms with Gasteiger partial charge < -0.3 is 9.64 Å². The Kier molecular flexibility index (Phi) is 5.02. The molecule has 5 heteroatoms. The Bertz CT molecular complexity index is 578. The van der Waals surface area contributed by atoms with Crippen LogP contribution in [0, 0.1) is 11.3 Å². The fraction of sp³-hybridized carbons (Fsp3) is 0.750. The summed E-state index contributed by atoms with van der Waals surface area (Å²) in [5, 5.41) is 0. The molecule has 2 aliphatic heterocycles. The van der Waals surface area contributed by atoms with Crippen LogP contribution in [0.2, 0.25) is 0 Å². The Morgan fingerprint density at radius 3 is 2.72 bits per heavy atom. The van der Waals surface area contributed by atoms with E-state index in [2.05, 4.69) is 14.9 Å². The summed E-state index contributed by atoms with van der Waals surface area (Å²) in [6.45, 7) is 2.66. The maximum absolute atomic E-state index is 12.7. The molecule has 0 bridgehead atoms. The van der Waals surface area contributed by atoms with Crippen LogP contribution in [0.5, 0.6) is 0 Å². The number of likely N-dealkylation sites (tertiary alicyclic amines) is 1. The van der Waals surface area contributed by atoms with Crippen molar-refractivity contribution in [3.63, 3.8) is 0 Å². The van der Waals surface area contributed by atoms with E-state index < -0.39 is 0 Å². The first-order valence-electron chi connectivity index (χ1n) is 9.89. The molecule has 1 aromatic heterocycles. The molecule has 0 radical (unpaired) electrons. The van der Waals surface area contributed by atoms with Crippen LogP contribution in [-0.4, -0.2) is 46.6 Å². The first-order valence-corrected chi connectivity index (χ1v) is 9.89. The Labute approximate surface area is 150 Å². The number of nitrogens with zero attached hydrogens (tertiary/aromatic N) is 3. The number of carbonyl (C=O) groups is 1. The van der Waals surface area contributed by atoms with Crippen LogP contribution < -0.4 is 0 Å². The summed E-state index contributed by atoms with van der Waals surface area (Å²) in [7, 11) is 0. The Morgan fingerprint density at radius 2 is 2.00 bits per heavy atom. The van der Waals surface area contributed by atoms with Crippen LogP contribution in [0.15, 0.2) is 18.6 Å². The number of ether oxygens (including phenoxy) is 1. The quantitative estimate of drug-likeness (QED) is 0.846. The van der Waals surface area contributed by atoms with Crippen molar-refractivity contribution in [2.24, 2.45) is 11.3 Å². The van der Waals surface area contributed by atoms with E-state index in [4.69, 9.17) is 4.74 Å². The van der Waals surface area contributed by atoms with Crippen molar-refractivity contribution < 1.29 is 9.53 Å². The molecule has 1 aliphatic carbocycles. The third kappa shape index (κ3) is 3.86. The molecule has 0 aromatic carbocycles. The lowest BCUT2D eigenvalue weighted by atomic mass is 9.76. The molecule has 1 atom stereocenters. The highest BCUT2D eigenvalue weighted by molar-refractivity contribution is 5.79. The van der Waals surface area contributed by atoms with Crippen molar-refractivity contribution in [1.82, 2.24) is 14.9 Å². The molecule has 3 fully saturated rings. The van der Waals surface area contributed by atoms with E-state index in [9.17, 15) is 4.79 Å². The van der Waals surface area contributed by atoms with E-state index in [1.165, 1.54) is 19.3 Å². The Hall–Kier alpha value is -1.49. The van der Waals surface area contributed by atoms with Crippen LogP contribution >= 0.6 is 0 Å². The van der Waals surface area contributed by atoms with Crippen molar-refractivity contribution >= 4 is 5.91 Å². The molecule has 1 amide bonds. The normalized spacial score (nSPS) is 26.9. The summed E-state index contributed by atoms with van der Waals surface area (Å²) in [6.07, 6.45) is 15.6. The average molecular weight is 343 g/mol. The third-order valence-corrected chi connectivity index (χ3v) is 6.43. The van der Waals surface area contributed by atoms with Crippen LogP contribution in [0.25, 0.3) is 0 Å². The molecule has 1 spiro atoms. The molecule has 0 unspecified atom stereocenters. The number of aromatic nitrogens is 2. The van der Waals surface area contributed by atoms with Crippen LogP contribution in [0.1, 0.15) is 57.1 Å². The highest BCUT2D eigenvalue weighted by atomic mass is 16.5. The first-order chi connectivity index (χ1) is 12.2. The largest absolute Gasteiger partial charge is 0.377 e. The molecule has 1 saturated carbocycles. The van der Waals surface area contributed by atoms with Crippen molar-refractivity contribution in [2.75, 3.05) is 19.7 Å². The van der Waals surface area contributed by atoms with Gasteiger partial charge in [0.05, 0.1) is 18.4 Å². The van der Waals surface area contributed by atoms with Gasteiger partial charge in [0, 0.05) is 44.0 Å². The number of carbonyl (C=O) groups excluding carboxylic acids is 1. The van der Waals surface area contributed by atoms with E-state index in [0.29, 0.717) is 11.8 Å². The molecule has 3 aliphatic rings. The second-order valence-electron chi connectivity index (χ2n) is 8.20. The molecule has 2 saturated heterocycles. The predicted octanol–water partition coefficient (Wildman–Crippen LogP) is 3.00. The molecule has 4 rings (SSSR count).